The van der Waals surface area contributed by atoms with Gasteiger partial charge in [0.15, 0.2) is 0 Å². The maximum absolute atomic E-state index is 12.2. The van der Waals surface area contributed by atoms with E-state index in [9.17, 15) is 14.7 Å². The molecular formula is C16H17N3O3. The summed E-state index contributed by atoms with van der Waals surface area (Å²) in [6.45, 7) is 2.28. The highest BCUT2D eigenvalue weighted by Gasteiger charge is 2.33. The van der Waals surface area contributed by atoms with Gasteiger partial charge >= 0.3 is 0 Å². The number of aliphatic hydroxyl groups is 1. The molecule has 0 fully saturated rings. The molecule has 0 bridgehead atoms. The summed E-state index contributed by atoms with van der Waals surface area (Å²) in [5.74, 6) is -0.893. The zero-order valence-corrected chi connectivity index (χ0v) is 12.2. The molecule has 0 saturated heterocycles. The van der Waals surface area contributed by atoms with Crippen LogP contribution in [0.25, 0.3) is 0 Å². The molecule has 1 aliphatic rings. The normalized spacial score (nSPS) is 16.8. The number of benzene rings is 1. The summed E-state index contributed by atoms with van der Waals surface area (Å²) in [5, 5.41) is 20.9. The Morgan fingerprint density at radius 2 is 2.09 bits per heavy atom. The van der Waals surface area contributed by atoms with Crippen LogP contribution in [-0.4, -0.2) is 34.4 Å². The fourth-order valence-corrected chi connectivity index (χ4v) is 2.23. The number of aryl methyl sites for hydroxylation is 1. The number of hydrogen-bond donors (Lipinski definition) is 2. The standard InChI is InChI=1S/C16H17N3O3/c1-11-2-4-12(5-3-11)9-18-16(22)14-8-13(20)10-19(14)15(21)6-7-17/h2-5,8,14,20H,6,9-10H2,1H3,(H,18,22)/t14-/m0/s1. The van der Waals surface area contributed by atoms with Gasteiger partial charge in [0.1, 0.15) is 18.2 Å². The molecule has 1 aromatic carbocycles. The van der Waals surface area contributed by atoms with E-state index in [1.165, 1.54) is 11.0 Å². The molecule has 0 saturated carbocycles. The molecule has 0 aromatic heterocycles. The molecule has 6 heteroatoms. The first-order valence-corrected chi connectivity index (χ1v) is 6.90. The fourth-order valence-electron chi connectivity index (χ4n) is 2.23. The second kappa shape index (κ2) is 6.76. The van der Waals surface area contributed by atoms with Crippen molar-refractivity contribution in [1.82, 2.24) is 10.2 Å². The lowest BCUT2D eigenvalue weighted by Gasteiger charge is -2.22. The molecule has 114 valence electrons. The predicted octanol–water partition coefficient (Wildman–Crippen LogP) is 1.18. The van der Waals surface area contributed by atoms with Crippen molar-refractivity contribution in [3.05, 3.63) is 47.2 Å². The third-order valence-corrected chi connectivity index (χ3v) is 3.42. The van der Waals surface area contributed by atoms with Gasteiger partial charge in [-0.3, -0.25) is 9.59 Å². The van der Waals surface area contributed by atoms with Crippen molar-refractivity contribution >= 4 is 11.8 Å². The maximum Gasteiger partial charge on any atom is 0.247 e. The number of nitriles is 1. The highest BCUT2D eigenvalue weighted by Crippen LogP contribution is 2.16. The van der Waals surface area contributed by atoms with Crippen molar-refractivity contribution in [3.63, 3.8) is 0 Å². The molecule has 1 atom stereocenters. The number of hydrogen-bond acceptors (Lipinski definition) is 4. The van der Waals surface area contributed by atoms with E-state index in [4.69, 9.17) is 5.26 Å². The minimum absolute atomic E-state index is 0.0386. The van der Waals surface area contributed by atoms with Crippen LogP contribution in [0.1, 0.15) is 17.5 Å². The fraction of sp³-hybridized carbons (Fsp3) is 0.312. The van der Waals surface area contributed by atoms with Gasteiger partial charge in [0, 0.05) is 6.54 Å². The SMILES string of the molecule is Cc1ccc(CNC(=O)[C@@H]2C=C(O)CN2C(=O)CC#N)cc1. The molecule has 2 amide bonds. The number of nitrogens with one attached hydrogen (secondary N) is 1. The molecule has 0 unspecified atom stereocenters. The third kappa shape index (κ3) is 3.64. The van der Waals surface area contributed by atoms with Crippen LogP contribution in [0.4, 0.5) is 0 Å². The van der Waals surface area contributed by atoms with E-state index in [0.29, 0.717) is 6.54 Å². The van der Waals surface area contributed by atoms with Crippen molar-refractivity contribution in [1.29, 1.82) is 5.26 Å². The van der Waals surface area contributed by atoms with E-state index < -0.39 is 11.9 Å². The molecule has 0 aliphatic carbocycles. The van der Waals surface area contributed by atoms with Gasteiger partial charge < -0.3 is 15.3 Å². The monoisotopic (exact) mass is 299 g/mol. The summed E-state index contributed by atoms with van der Waals surface area (Å²) in [7, 11) is 0. The van der Waals surface area contributed by atoms with E-state index in [-0.39, 0.29) is 24.6 Å². The molecule has 2 N–H and O–H groups in total. The summed E-state index contributed by atoms with van der Waals surface area (Å²) >= 11 is 0. The Bertz CT molecular complexity index is 644. The Morgan fingerprint density at radius 1 is 1.41 bits per heavy atom. The van der Waals surface area contributed by atoms with Crippen LogP contribution < -0.4 is 5.32 Å². The van der Waals surface area contributed by atoms with Crippen LogP contribution in [0.15, 0.2) is 36.1 Å². The van der Waals surface area contributed by atoms with Crippen LogP contribution in [-0.2, 0) is 16.1 Å². The lowest BCUT2D eigenvalue weighted by molar-refractivity contribution is -0.137. The Kier molecular flexibility index (Phi) is 4.79. The number of carbonyl (C=O) groups excluding carboxylic acids is 2. The smallest absolute Gasteiger partial charge is 0.247 e. The quantitative estimate of drug-likeness (QED) is 0.873. The Balaban J connectivity index is 1.99. The lowest BCUT2D eigenvalue weighted by atomic mass is 10.1. The molecule has 6 nitrogen and oxygen atoms in total. The average Bonchev–Trinajstić information content (AvgIpc) is 2.89. The van der Waals surface area contributed by atoms with E-state index in [2.05, 4.69) is 5.32 Å². The molecule has 0 spiro atoms. The van der Waals surface area contributed by atoms with E-state index in [1.54, 1.807) is 6.07 Å². The largest absolute Gasteiger partial charge is 0.511 e. The van der Waals surface area contributed by atoms with Crippen molar-refractivity contribution in [3.8, 4) is 6.07 Å². The van der Waals surface area contributed by atoms with E-state index >= 15 is 0 Å². The minimum Gasteiger partial charge on any atom is -0.511 e. The summed E-state index contributed by atoms with van der Waals surface area (Å²) in [6, 6.07) is 8.61. The van der Waals surface area contributed by atoms with Gasteiger partial charge in [-0.1, -0.05) is 29.8 Å². The van der Waals surface area contributed by atoms with Gasteiger partial charge in [-0.2, -0.15) is 5.26 Å². The Hall–Kier alpha value is -2.81. The maximum atomic E-state index is 12.2. The summed E-state index contributed by atoms with van der Waals surface area (Å²) in [4.78, 5) is 25.2. The van der Waals surface area contributed by atoms with Crippen LogP contribution in [0.2, 0.25) is 0 Å². The van der Waals surface area contributed by atoms with Crippen molar-refractivity contribution in [2.75, 3.05) is 6.54 Å². The van der Waals surface area contributed by atoms with Gasteiger partial charge in [-0.25, -0.2) is 0 Å². The number of amides is 2. The highest BCUT2D eigenvalue weighted by molar-refractivity contribution is 5.91. The van der Waals surface area contributed by atoms with Gasteiger partial charge in [0.25, 0.3) is 0 Å². The molecule has 0 radical (unpaired) electrons. The lowest BCUT2D eigenvalue weighted by Crippen LogP contribution is -2.46. The number of carbonyl (C=O) groups is 2. The number of rotatable bonds is 4. The molecular weight excluding hydrogens is 282 g/mol. The van der Waals surface area contributed by atoms with Crippen LogP contribution in [0.5, 0.6) is 0 Å². The van der Waals surface area contributed by atoms with Gasteiger partial charge in [-0.15, -0.1) is 0 Å². The zero-order valence-electron chi connectivity index (χ0n) is 12.2. The number of aliphatic hydroxyl groups excluding tert-OH is 1. The second-order valence-electron chi connectivity index (χ2n) is 5.16. The van der Waals surface area contributed by atoms with E-state index in [0.717, 1.165) is 11.1 Å². The molecule has 2 rings (SSSR count). The topological polar surface area (TPSA) is 93.4 Å². The first-order chi connectivity index (χ1) is 10.5. The summed E-state index contributed by atoms with van der Waals surface area (Å²) in [6.07, 6.45) is 1.02. The summed E-state index contributed by atoms with van der Waals surface area (Å²) < 4.78 is 0. The Labute approximate surface area is 128 Å². The average molecular weight is 299 g/mol. The predicted molar refractivity (Wildman–Crippen MR) is 79.5 cm³/mol. The minimum atomic E-state index is -0.869. The zero-order chi connectivity index (χ0) is 16.1. The van der Waals surface area contributed by atoms with Crippen molar-refractivity contribution < 1.29 is 14.7 Å². The van der Waals surface area contributed by atoms with Crippen molar-refractivity contribution in [2.24, 2.45) is 0 Å². The molecule has 1 aromatic rings. The van der Waals surface area contributed by atoms with E-state index in [1.807, 2.05) is 31.2 Å². The Morgan fingerprint density at radius 3 is 2.73 bits per heavy atom. The molecule has 22 heavy (non-hydrogen) atoms. The highest BCUT2D eigenvalue weighted by atomic mass is 16.3. The molecule has 1 heterocycles. The summed E-state index contributed by atoms with van der Waals surface area (Å²) in [5.41, 5.74) is 2.08. The van der Waals surface area contributed by atoms with Gasteiger partial charge in [-0.05, 0) is 18.6 Å². The first-order valence-electron chi connectivity index (χ1n) is 6.90. The number of nitrogens with zero attached hydrogens (tertiary/aromatic N) is 2. The third-order valence-electron chi connectivity index (χ3n) is 3.42. The van der Waals surface area contributed by atoms with Gasteiger partial charge in [0.2, 0.25) is 11.8 Å². The van der Waals surface area contributed by atoms with Gasteiger partial charge in [0.05, 0.1) is 12.6 Å². The van der Waals surface area contributed by atoms with Crippen LogP contribution in [0, 0.1) is 18.3 Å². The van der Waals surface area contributed by atoms with Crippen molar-refractivity contribution in [2.45, 2.75) is 25.9 Å². The molecule has 1 aliphatic heterocycles. The second-order valence-corrected chi connectivity index (χ2v) is 5.16. The first kappa shape index (κ1) is 15.6. The van der Waals surface area contributed by atoms with Crippen LogP contribution >= 0.6 is 0 Å². The van der Waals surface area contributed by atoms with Crippen LogP contribution in [0.3, 0.4) is 0 Å².